The highest BCUT2D eigenvalue weighted by atomic mass is 16.6. The van der Waals surface area contributed by atoms with E-state index in [-0.39, 0.29) is 5.75 Å². The highest BCUT2D eigenvalue weighted by Gasteiger charge is 2.21. The molecule has 1 aromatic heterocycles. The lowest BCUT2D eigenvalue weighted by Gasteiger charge is -2.19. The second kappa shape index (κ2) is 5.19. The van der Waals surface area contributed by atoms with Gasteiger partial charge in [0.2, 0.25) is 0 Å². The van der Waals surface area contributed by atoms with Crippen molar-refractivity contribution < 1.29 is 14.6 Å². The molecule has 0 saturated carbocycles. The second-order valence-corrected chi connectivity index (χ2v) is 5.93. The third-order valence-corrected chi connectivity index (χ3v) is 3.00. The number of phenols is 1. The molecule has 0 fully saturated rings. The zero-order valence-electron chi connectivity index (χ0n) is 12.4. The first-order valence-electron chi connectivity index (χ1n) is 6.88. The molecule has 0 unspecified atom stereocenters. The van der Waals surface area contributed by atoms with E-state index in [9.17, 15) is 9.90 Å². The number of hydrogen-bond donors (Lipinski definition) is 1. The van der Waals surface area contributed by atoms with Crippen LogP contribution in [0, 0.1) is 0 Å². The van der Waals surface area contributed by atoms with Crippen molar-refractivity contribution >= 4 is 17.0 Å². The van der Waals surface area contributed by atoms with Gasteiger partial charge in [0.05, 0.1) is 5.52 Å². The number of hydrogen-bond acceptors (Lipinski definition) is 3. The molecule has 1 N–H and O–H groups in total. The van der Waals surface area contributed by atoms with Crippen molar-refractivity contribution in [2.24, 2.45) is 0 Å². The first kappa shape index (κ1) is 14.4. The normalized spacial score (nSPS) is 11.8. The first-order valence-corrected chi connectivity index (χ1v) is 6.88. The maximum atomic E-state index is 12.3. The molecule has 1 heterocycles. The minimum Gasteiger partial charge on any atom is -0.507 e. The Hall–Kier alpha value is -1.97. The van der Waals surface area contributed by atoms with Crippen molar-refractivity contribution in [1.29, 1.82) is 0 Å². The summed E-state index contributed by atoms with van der Waals surface area (Å²) in [6, 6.07) is 5.19. The molecule has 0 saturated heterocycles. The Morgan fingerprint density at radius 2 is 2.05 bits per heavy atom. The third-order valence-electron chi connectivity index (χ3n) is 3.00. The molecule has 2 aromatic rings. The molecule has 0 amide bonds. The number of carbonyl (C=O) groups is 1. The largest absolute Gasteiger partial charge is 0.507 e. The van der Waals surface area contributed by atoms with E-state index >= 15 is 0 Å². The summed E-state index contributed by atoms with van der Waals surface area (Å²) < 4.78 is 6.88. The summed E-state index contributed by atoms with van der Waals surface area (Å²) in [5, 5.41) is 10.8. The third kappa shape index (κ3) is 2.79. The molecule has 0 radical (unpaired) electrons. The predicted molar refractivity (Wildman–Crippen MR) is 79.2 cm³/mol. The Morgan fingerprint density at radius 1 is 1.35 bits per heavy atom. The van der Waals surface area contributed by atoms with E-state index in [1.54, 1.807) is 18.3 Å². The molecule has 0 aliphatic heterocycles. The van der Waals surface area contributed by atoms with Crippen LogP contribution in [0.15, 0.2) is 24.4 Å². The zero-order valence-corrected chi connectivity index (χ0v) is 12.4. The maximum Gasteiger partial charge on any atom is 0.419 e. The monoisotopic (exact) mass is 275 g/mol. The minimum atomic E-state index is -0.546. The van der Waals surface area contributed by atoms with Crippen LogP contribution in [0.3, 0.4) is 0 Å². The van der Waals surface area contributed by atoms with Gasteiger partial charge in [0.25, 0.3) is 0 Å². The Bertz CT molecular complexity index is 635. The molecular weight excluding hydrogens is 254 g/mol. The summed E-state index contributed by atoms with van der Waals surface area (Å²) in [7, 11) is 0. The molecule has 0 bridgehead atoms. The van der Waals surface area contributed by atoms with E-state index in [1.165, 1.54) is 4.57 Å². The Labute approximate surface area is 119 Å². The first-order chi connectivity index (χ1) is 9.33. The summed E-state index contributed by atoms with van der Waals surface area (Å²) in [5.74, 6) is 0.202. The van der Waals surface area contributed by atoms with Crippen LogP contribution in [-0.2, 0) is 11.2 Å². The van der Waals surface area contributed by atoms with Gasteiger partial charge < -0.3 is 9.84 Å². The standard InChI is InChI=1S/C16H21NO3/c1-5-7-11-10-17(15(19)20-16(2,3)4)12-8-6-9-13(18)14(11)12/h6,8-10,18H,5,7H2,1-4H3. The smallest absolute Gasteiger partial charge is 0.419 e. The van der Waals surface area contributed by atoms with E-state index in [1.807, 2.05) is 26.8 Å². The van der Waals surface area contributed by atoms with Crippen LogP contribution in [-0.4, -0.2) is 21.4 Å². The van der Waals surface area contributed by atoms with Gasteiger partial charge in [0.15, 0.2) is 0 Å². The van der Waals surface area contributed by atoms with E-state index in [0.29, 0.717) is 5.52 Å². The average Bonchev–Trinajstić information content (AvgIpc) is 2.68. The molecule has 0 atom stereocenters. The summed E-state index contributed by atoms with van der Waals surface area (Å²) >= 11 is 0. The fourth-order valence-corrected chi connectivity index (χ4v) is 2.27. The number of aromatic hydroxyl groups is 1. The topological polar surface area (TPSA) is 51.5 Å². The fraction of sp³-hybridized carbons (Fsp3) is 0.438. The van der Waals surface area contributed by atoms with E-state index in [4.69, 9.17) is 4.74 Å². The van der Waals surface area contributed by atoms with Gasteiger partial charge in [-0.1, -0.05) is 19.4 Å². The molecule has 0 aliphatic rings. The number of rotatable bonds is 2. The molecule has 20 heavy (non-hydrogen) atoms. The van der Waals surface area contributed by atoms with Crippen molar-refractivity contribution in [2.75, 3.05) is 0 Å². The second-order valence-electron chi connectivity index (χ2n) is 5.93. The van der Waals surface area contributed by atoms with Gasteiger partial charge in [-0.25, -0.2) is 4.79 Å². The number of nitrogens with zero attached hydrogens (tertiary/aromatic N) is 1. The summed E-state index contributed by atoms with van der Waals surface area (Å²) in [6.07, 6.45) is 3.10. The SMILES string of the molecule is CCCc1cn(C(=O)OC(C)(C)C)c2cccc(O)c12. The van der Waals surface area contributed by atoms with Crippen LogP contribution in [0.1, 0.15) is 39.7 Å². The molecule has 4 heteroatoms. The molecule has 108 valence electrons. The lowest BCUT2D eigenvalue weighted by Crippen LogP contribution is -2.26. The quantitative estimate of drug-likeness (QED) is 0.898. The van der Waals surface area contributed by atoms with Crippen molar-refractivity contribution in [3.63, 3.8) is 0 Å². The van der Waals surface area contributed by atoms with Crippen molar-refractivity contribution in [1.82, 2.24) is 4.57 Å². The van der Waals surface area contributed by atoms with Gasteiger partial charge in [-0.15, -0.1) is 0 Å². The molecule has 4 nitrogen and oxygen atoms in total. The number of aryl methyl sites for hydroxylation is 1. The molecule has 2 rings (SSSR count). The lowest BCUT2D eigenvalue weighted by atomic mass is 10.1. The summed E-state index contributed by atoms with van der Waals surface area (Å²) in [4.78, 5) is 12.3. The van der Waals surface area contributed by atoms with E-state index in [2.05, 4.69) is 6.92 Å². The number of carbonyl (C=O) groups excluding carboxylic acids is 1. The number of fused-ring (bicyclic) bond motifs is 1. The molecule has 0 spiro atoms. The van der Waals surface area contributed by atoms with Gasteiger partial charge in [-0.3, -0.25) is 4.57 Å². The zero-order chi connectivity index (χ0) is 14.9. The lowest BCUT2D eigenvalue weighted by molar-refractivity contribution is 0.0544. The van der Waals surface area contributed by atoms with Gasteiger partial charge in [0, 0.05) is 11.6 Å². The van der Waals surface area contributed by atoms with Crippen LogP contribution in [0.25, 0.3) is 10.9 Å². The van der Waals surface area contributed by atoms with E-state index in [0.717, 1.165) is 23.8 Å². The van der Waals surface area contributed by atoms with Crippen LogP contribution in [0.2, 0.25) is 0 Å². The number of aromatic nitrogens is 1. The van der Waals surface area contributed by atoms with Gasteiger partial charge in [0.1, 0.15) is 11.4 Å². The highest BCUT2D eigenvalue weighted by Crippen LogP contribution is 2.31. The number of phenolic OH excluding ortho intramolecular Hbond substituents is 1. The maximum absolute atomic E-state index is 12.3. The minimum absolute atomic E-state index is 0.202. The predicted octanol–water partition coefficient (Wildman–Crippen LogP) is 4.08. The van der Waals surface area contributed by atoms with Gasteiger partial charge in [-0.05, 0) is 44.9 Å². The van der Waals surface area contributed by atoms with Gasteiger partial charge in [-0.2, -0.15) is 0 Å². The van der Waals surface area contributed by atoms with Crippen LogP contribution in [0.5, 0.6) is 5.75 Å². The number of ether oxygens (including phenoxy) is 1. The van der Waals surface area contributed by atoms with Crippen LogP contribution >= 0.6 is 0 Å². The molecule has 1 aromatic carbocycles. The Morgan fingerprint density at radius 3 is 2.65 bits per heavy atom. The fourth-order valence-electron chi connectivity index (χ4n) is 2.27. The van der Waals surface area contributed by atoms with Crippen molar-refractivity contribution in [2.45, 2.75) is 46.1 Å². The summed E-state index contributed by atoms with van der Waals surface area (Å²) in [6.45, 7) is 7.57. The summed E-state index contributed by atoms with van der Waals surface area (Å²) in [5.41, 5.74) is 1.10. The highest BCUT2D eigenvalue weighted by molar-refractivity contribution is 5.95. The molecular formula is C16H21NO3. The van der Waals surface area contributed by atoms with Crippen LogP contribution < -0.4 is 0 Å². The Balaban J connectivity index is 2.54. The van der Waals surface area contributed by atoms with E-state index < -0.39 is 11.7 Å². The number of benzene rings is 1. The Kier molecular flexibility index (Phi) is 3.75. The van der Waals surface area contributed by atoms with Gasteiger partial charge >= 0.3 is 6.09 Å². The molecule has 0 aliphatic carbocycles. The van der Waals surface area contributed by atoms with Crippen LogP contribution in [0.4, 0.5) is 4.79 Å². The van der Waals surface area contributed by atoms with Crippen molar-refractivity contribution in [3.8, 4) is 5.75 Å². The van der Waals surface area contributed by atoms with Crippen molar-refractivity contribution in [3.05, 3.63) is 30.0 Å². The average molecular weight is 275 g/mol.